The maximum absolute atomic E-state index is 13.8. The van der Waals surface area contributed by atoms with Crippen LogP contribution < -0.4 is 14.8 Å². The fraction of sp³-hybridized carbons (Fsp3) is 0.385. The van der Waals surface area contributed by atoms with Gasteiger partial charge in [0.25, 0.3) is 11.8 Å². The Hall–Kier alpha value is -3.68. The van der Waals surface area contributed by atoms with Crippen LogP contribution in [0.4, 0.5) is 0 Å². The maximum Gasteiger partial charge on any atom is 0.268 e. The third kappa shape index (κ3) is 4.81. The third-order valence-electron chi connectivity index (χ3n) is 6.30. The average molecular weight is 465 g/mol. The number of carbonyl (C=O) groups is 2. The normalized spacial score (nSPS) is 18.8. The van der Waals surface area contributed by atoms with Gasteiger partial charge in [0.2, 0.25) is 6.10 Å². The number of nitrogens with zero attached hydrogens (tertiary/aromatic N) is 1. The number of furan rings is 2. The number of amides is 2. The Bertz CT molecular complexity index is 1090. The Morgan fingerprint density at radius 3 is 2.44 bits per heavy atom. The molecule has 5 rings (SSSR count). The van der Waals surface area contributed by atoms with E-state index in [0.29, 0.717) is 23.0 Å². The number of hydrogen-bond donors (Lipinski definition) is 1. The first kappa shape index (κ1) is 22.1. The lowest BCUT2D eigenvalue weighted by Gasteiger charge is -2.34. The monoisotopic (exact) mass is 464 g/mol. The van der Waals surface area contributed by atoms with E-state index in [0.717, 1.165) is 25.7 Å². The molecule has 1 saturated carbocycles. The smallest absolute Gasteiger partial charge is 0.268 e. The van der Waals surface area contributed by atoms with Crippen LogP contribution >= 0.6 is 0 Å². The second-order valence-corrected chi connectivity index (χ2v) is 8.67. The summed E-state index contributed by atoms with van der Waals surface area (Å²) in [4.78, 5) is 28.9. The maximum atomic E-state index is 13.8. The van der Waals surface area contributed by atoms with Gasteiger partial charge in [-0.25, -0.2) is 0 Å². The van der Waals surface area contributed by atoms with Crippen molar-refractivity contribution in [2.24, 2.45) is 0 Å². The first-order valence-corrected chi connectivity index (χ1v) is 11.7. The fourth-order valence-electron chi connectivity index (χ4n) is 4.59. The molecule has 1 N–H and O–H groups in total. The molecule has 1 fully saturated rings. The number of para-hydroxylation sites is 2. The number of benzene rings is 1. The van der Waals surface area contributed by atoms with E-state index in [1.54, 1.807) is 42.7 Å². The van der Waals surface area contributed by atoms with E-state index in [2.05, 4.69) is 5.32 Å². The summed E-state index contributed by atoms with van der Waals surface area (Å²) >= 11 is 0. The van der Waals surface area contributed by atoms with E-state index in [1.807, 2.05) is 12.1 Å². The van der Waals surface area contributed by atoms with E-state index in [-0.39, 0.29) is 31.0 Å². The van der Waals surface area contributed by atoms with Crippen molar-refractivity contribution in [1.29, 1.82) is 0 Å². The first-order chi connectivity index (χ1) is 16.7. The molecule has 1 aromatic carbocycles. The van der Waals surface area contributed by atoms with Gasteiger partial charge in [0.05, 0.1) is 19.1 Å². The highest BCUT2D eigenvalue weighted by Gasteiger charge is 2.40. The van der Waals surface area contributed by atoms with Gasteiger partial charge in [-0.05, 0) is 49.2 Å². The van der Waals surface area contributed by atoms with E-state index in [9.17, 15) is 9.59 Å². The lowest BCUT2D eigenvalue weighted by atomic mass is 9.95. The molecule has 0 spiro atoms. The molecule has 34 heavy (non-hydrogen) atoms. The highest BCUT2D eigenvalue weighted by molar-refractivity contribution is 5.90. The zero-order valence-electron chi connectivity index (χ0n) is 18.9. The van der Waals surface area contributed by atoms with Crippen molar-refractivity contribution in [3.8, 4) is 11.5 Å². The van der Waals surface area contributed by atoms with E-state index in [4.69, 9.17) is 18.3 Å². The third-order valence-corrected chi connectivity index (χ3v) is 6.30. The quantitative estimate of drug-likeness (QED) is 0.562. The molecule has 2 aliphatic rings. The Balaban J connectivity index is 1.44. The first-order valence-electron chi connectivity index (χ1n) is 11.7. The lowest BCUT2D eigenvalue weighted by Crippen LogP contribution is -2.52. The summed E-state index contributed by atoms with van der Waals surface area (Å²) in [5.41, 5.74) is 0. The number of hydrogen-bond acceptors (Lipinski definition) is 6. The average Bonchev–Trinajstić information content (AvgIpc) is 3.58. The van der Waals surface area contributed by atoms with Gasteiger partial charge in [0, 0.05) is 6.04 Å². The minimum absolute atomic E-state index is 0.0413. The van der Waals surface area contributed by atoms with Gasteiger partial charge >= 0.3 is 0 Å². The van der Waals surface area contributed by atoms with Crippen LogP contribution in [0.1, 0.15) is 49.7 Å². The molecule has 0 saturated heterocycles. The molecule has 3 aromatic rings. The summed E-state index contributed by atoms with van der Waals surface area (Å²) in [7, 11) is 0. The predicted octanol–water partition coefficient (Wildman–Crippen LogP) is 4.23. The molecule has 2 atom stereocenters. The second kappa shape index (κ2) is 10.1. The van der Waals surface area contributed by atoms with Gasteiger partial charge in [-0.2, -0.15) is 0 Å². The van der Waals surface area contributed by atoms with Crippen molar-refractivity contribution in [2.45, 2.75) is 56.8 Å². The molecule has 0 bridgehead atoms. The second-order valence-electron chi connectivity index (χ2n) is 8.67. The number of nitrogens with one attached hydrogen (secondary N) is 1. The van der Waals surface area contributed by atoms with Gasteiger partial charge < -0.3 is 28.5 Å². The minimum atomic E-state index is -0.977. The minimum Gasteiger partial charge on any atom is -0.485 e. The summed E-state index contributed by atoms with van der Waals surface area (Å²) in [5, 5.41) is 3.15. The number of rotatable bonds is 7. The van der Waals surface area contributed by atoms with Crippen molar-refractivity contribution in [2.75, 3.05) is 6.61 Å². The van der Waals surface area contributed by atoms with Crippen molar-refractivity contribution in [3.05, 3.63) is 72.6 Å². The molecular formula is C26H28N2O6. The topological polar surface area (TPSA) is 94.2 Å². The number of carbonyl (C=O) groups excluding carboxylic acids is 2. The van der Waals surface area contributed by atoms with Crippen LogP contribution in [0.15, 0.2) is 69.9 Å². The van der Waals surface area contributed by atoms with Crippen LogP contribution in [0, 0.1) is 0 Å². The zero-order chi connectivity index (χ0) is 23.3. The highest BCUT2D eigenvalue weighted by atomic mass is 16.6. The summed E-state index contributed by atoms with van der Waals surface area (Å²) in [5.74, 6) is 1.34. The van der Waals surface area contributed by atoms with Gasteiger partial charge in [0.1, 0.15) is 18.1 Å². The molecule has 0 radical (unpaired) electrons. The number of ether oxygens (including phenoxy) is 2. The van der Waals surface area contributed by atoms with Gasteiger partial charge in [0.15, 0.2) is 17.5 Å². The van der Waals surface area contributed by atoms with Crippen molar-refractivity contribution in [3.63, 3.8) is 0 Å². The van der Waals surface area contributed by atoms with Crippen LogP contribution in [-0.2, 0) is 16.1 Å². The molecular weight excluding hydrogens is 436 g/mol. The predicted molar refractivity (Wildman–Crippen MR) is 122 cm³/mol. The molecule has 1 aliphatic carbocycles. The standard InChI is InChI=1S/C26H28N2O6/c29-25(27-18-8-2-1-3-9-18)24(22-13-7-15-32-22)28(16-19-10-6-14-31-19)26(30)23-17-33-20-11-4-5-12-21(20)34-23/h4-7,10-15,18,23-24H,1-3,8-9,16-17H2,(H,27,29). The number of fused-ring (bicyclic) bond motifs is 1. The van der Waals surface area contributed by atoms with Crippen LogP contribution in [-0.4, -0.2) is 35.5 Å². The summed E-state index contributed by atoms with van der Waals surface area (Å²) in [6.07, 6.45) is 7.33. The molecule has 2 amide bonds. The largest absolute Gasteiger partial charge is 0.485 e. The Morgan fingerprint density at radius 2 is 1.71 bits per heavy atom. The molecule has 1 aliphatic heterocycles. The van der Waals surface area contributed by atoms with Crippen LogP contribution in [0.5, 0.6) is 11.5 Å². The molecule has 178 valence electrons. The Labute approximate surface area is 197 Å². The van der Waals surface area contributed by atoms with E-state index < -0.39 is 12.1 Å². The van der Waals surface area contributed by atoms with Gasteiger partial charge in [-0.1, -0.05) is 31.4 Å². The van der Waals surface area contributed by atoms with E-state index >= 15 is 0 Å². The van der Waals surface area contributed by atoms with Gasteiger partial charge in [-0.3, -0.25) is 9.59 Å². The molecule has 2 aromatic heterocycles. The fourth-order valence-corrected chi connectivity index (χ4v) is 4.59. The van der Waals surface area contributed by atoms with Crippen LogP contribution in [0.25, 0.3) is 0 Å². The molecule has 3 heterocycles. The van der Waals surface area contributed by atoms with Crippen molar-refractivity contribution >= 4 is 11.8 Å². The lowest BCUT2D eigenvalue weighted by molar-refractivity contribution is -0.150. The van der Waals surface area contributed by atoms with E-state index in [1.165, 1.54) is 17.6 Å². The van der Waals surface area contributed by atoms with Crippen LogP contribution in [0.2, 0.25) is 0 Å². The van der Waals surface area contributed by atoms with Crippen molar-refractivity contribution < 1.29 is 27.9 Å². The molecule has 2 unspecified atom stereocenters. The van der Waals surface area contributed by atoms with Crippen LogP contribution in [0.3, 0.4) is 0 Å². The Kier molecular flexibility index (Phi) is 6.56. The van der Waals surface area contributed by atoms with Gasteiger partial charge in [-0.15, -0.1) is 0 Å². The Morgan fingerprint density at radius 1 is 0.941 bits per heavy atom. The molecule has 8 heteroatoms. The highest BCUT2D eigenvalue weighted by Crippen LogP contribution is 2.33. The molecule has 8 nitrogen and oxygen atoms in total. The summed E-state index contributed by atoms with van der Waals surface area (Å²) < 4.78 is 22.9. The summed E-state index contributed by atoms with van der Waals surface area (Å²) in [6, 6.07) is 13.3. The zero-order valence-corrected chi connectivity index (χ0v) is 18.9. The SMILES string of the molecule is O=C(NC1CCCCC1)C(c1ccco1)N(Cc1ccco1)C(=O)C1COc2ccccc2O1. The summed E-state index contributed by atoms with van der Waals surface area (Å²) in [6.45, 7) is 0.121. The van der Waals surface area contributed by atoms with Crippen molar-refractivity contribution in [1.82, 2.24) is 10.2 Å².